The molecule has 1 aromatic rings. The van der Waals surface area contributed by atoms with Gasteiger partial charge in [-0.25, -0.2) is 4.39 Å². The minimum atomic E-state index is -1.19. The van der Waals surface area contributed by atoms with Crippen molar-refractivity contribution in [3.8, 4) is 0 Å². The molecule has 1 aromatic carbocycles. The summed E-state index contributed by atoms with van der Waals surface area (Å²) in [4.78, 5) is 0. The summed E-state index contributed by atoms with van der Waals surface area (Å²) in [6.07, 6.45) is 5.14. The van der Waals surface area contributed by atoms with Crippen molar-refractivity contribution < 1.29 is 4.39 Å². The maximum atomic E-state index is 15.1. The maximum absolute atomic E-state index is 15.1. The highest BCUT2D eigenvalue weighted by Crippen LogP contribution is 2.44. The van der Waals surface area contributed by atoms with Gasteiger partial charge in [0.2, 0.25) is 0 Å². The van der Waals surface area contributed by atoms with Gasteiger partial charge in [-0.15, -0.1) is 0 Å². The highest BCUT2D eigenvalue weighted by Gasteiger charge is 2.38. The Morgan fingerprint density at radius 2 is 1.94 bits per heavy atom. The average Bonchev–Trinajstić information content (AvgIpc) is 2.84. The molecular weight excluding hydrogens is 213 g/mol. The predicted octanol–water partition coefficient (Wildman–Crippen LogP) is 3.56. The van der Waals surface area contributed by atoms with E-state index in [1.54, 1.807) is 6.92 Å². The van der Waals surface area contributed by atoms with E-state index in [0.717, 1.165) is 30.4 Å². The van der Waals surface area contributed by atoms with Crippen LogP contribution in [0, 0.1) is 5.92 Å². The second-order valence-corrected chi connectivity index (χ2v) is 5.25. The largest absolute Gasteiger partial charge is 0.330 e. The second-order valence-electron chi connectivity index (χ2n) is 5.25. The molecule has 1 fully saturated rings. The van der Waals surface area contributed by atoms with Gasteiger partial charge in [0, 0.05) is 0 Å². The molecule has 0 saturated heterocycles. The summed E-state index contributed by atoms with van der Waals surface area (Å²) in [7, 11) is 0. The van der Waals surface area contributed by atoms with Gasteiger partial charge in [-0.2, -0.15) is 0 Å². The van der Waals surface area contributed by atoms with Crippen molar-refractivity contribution in [2.24, 2.45) is 11.7 Å². The van der Waals surface area contributed by atoms with Crippen molar-refractivity contribution >= 4 is 0 Å². The van der Waals surface area contributed by atoms with E-state index in [1.165, 1.54) is 12.8 Å². The minimum Gasteiger partial charge on any atom is -0.330 e. The van der Waals surface area contributed by atoms with Crippen molar-refractivity contribution in [1.29, 1.82) is 0 Å². The summed E-state index contributed by atoms with van der Waals surface area (Å²) >= 11 is 0. The summed E-state index contributed by atoms with van der Waals surface area (Å²) < 4.78 is 15.1. The van der Waals surface area contributed by atoms with E-state index in [9.17, 15) is 0 Å². The fourth-order valence-electron chi connectivity index (χ4n) is 3.06. The molecule has 1 aliphatic carbocycles. The number of nitrogens with two attached hydrogens (primary N) is 1. The highest BCUT2D eigenvalue weighted by atomic mass is 19.1. The molecule has 1 unspecified atom stereocenters. The summed E-state index contributed by atoms with van der Waals surface area (Å²) in [5.41, 5.74) is 6.35. The maximum Gasteiger partial charge on any atom is 0.136 e. The number of hydrogen-bond donors (Lipinski definition) is 1. The van der Waals surface area contributed by atoms with E-state index in [4.69, 9.17) is 5.73 Å². The molecule has 0 aromatic heterocycles. The first-order valence-corrected chi connectivity index (χ1v) is 6.63. The smallest absolute Gasteiger partial charge is 0.136 e. The van der Waals surface area contributed by atoms with Gasteiger partial charge in [-0.1, -0.05) is 37.1 Å². The Balaban J connectivity index is 2.30. The van der Waals surface area contributed by atoms with Crippen molar-refractivity contribution in [3.05, 3.63) is 35.4 Å². The van der Waals surface area contributed by atoms with E-state index in [1.807, 2.05) is 24.3 Å². The highest BCUT2D eigenvalue weighted by molar-refractivity contribution is 5.33. The summed E-state index contributed by atoms with van der Waals surface area (Å²) in [5, 5.41) is 0. The van der Waals surface area contributed by atoms with E-state index in [2.05, 4.69) is 0 Å². The van der Waals surface area contributed by atoms with Gasteiger partial charge in [0.25, 0.3) is 0 Å². The molecule has 0 spiro atoms. The zero-order chi connectivity index (χ0) is 12.3. The third-order valence-corrected chi connectivity index (χ3v) is 4.08. The third kappa shape index (κ3) is 2.52. The van der Waals surface area contributed by atoms with Crippen LogP contribution < -0.4 is 5.73 Å². The van der Waals surface area contributed by atoms with Gasteiger partial charge in [-0.3, -0.25) is 0 Å². The van der Waals surface area contributed by atoms with E-state index >= 15 is 4.39 Å². The number of halogens is 1. The lowest BCUT2D eigenvalue weighted by Gasteiger charge is -2.29. The Morgan fingerprint density at radius 3 is 2.59 bits per heavy atom. The summed E-state index contributed by atoms with van der Waals surface area (Å²) in [6, 6.07) is 7.85. The Kier molecular flexibility index (Phi) is 3.82. The van der Waals surface area contributed by atoms with Crippen molar-refractivity contribution in [2.45, 2.75) is 44.7 Å². The molecule has 1 aliphatic rings. The first-order valence-electron chi connectivity index (χ1n) is 6.63. The van der Waals surface area contributed by atoms with Gasteiger partial charge in [0.05, 0.1) is 0 Å². The van der Waals surface area contributed by atoms with Gasteiger partial charge >= 0.3 is 0 Å². The van der Waals surface area contributed by atoms with E-state index in [0.29, 0.717) is 6.54 Å². The van der Waals surface area contributed by atoms with Gasteiger partial charge < -0.3 is 5.73 Å². The quantitative estimate of drug-likeness (QED) is 0.848. The Hall–Kier alpha value is -0.890. The van der Waals surface area contributed by atoms with Crippen molar-refractivity contribution in [2.75, 3.05) is 6.54 Å². The Labute approximate surface area is 103 Å². The Morgan fingerprint density at radius 1 is 1.29 bits per heavy atom. The third-order valence-electron chi connectivity index (χ3n) is 4.08. The van der Waals surface area contributed by atoms with E-state index < -0.39 is 5.67 Å². The standard InChI is InChI=1S/C15H22FN/c1-15(16,13-7-3-4-8-13)14-9-5-2-6-12(14)10-11-17/h2,5-6,9,13H,3-4,7-8,10-11,17H2,1H3. The van der Waals surface area contributed by atoms with Gasteiger partial charge in [0.15, 0.2) is 0 Å². The molecule has 0 bridgehead atoms. The molecule has 1 saturated carbocycles. The molecule has 17 heavy (non-hydrogen) atoms. The lowest BCUT2D eigenvalue weighted by atomic mass is 9.80. The van der Waals surface area contributed by atoms with Crippen molar-refractivity contribution in [1.82, 2.24) is 0 Å². The van der Waals surface area contributed by atoms with E-state index in [-0.39, 0.29) is 5.92 Å². The molecule has 0 amide bonds. The first kappa shape index (κ1) is 12.6. The lowest BCUT2D eigenvalue weighted by Crippen LogP contribution is -2.27. The fourth-order valence-corrected chi connectivity index (χ4v) is 3.06. The van der Waals surface area contributed by atoms with Crippen LogP contribution in [0.4, 0.5) is 4.39 Å². The zero-order valence-electron chi connectivity index (χ0n) is 10.6. The fraction of sp³-hybridized carbons (Fsp3) is 0.600. The normalized spacial score (nSPS) is 20.4. The predicted molar refractivity (Wildman–Crippen MR) is 69.6 cm³/mol. The molecule has 94 valence electrons. The molecular formula is C15H22FN. The van der Waals surface area contributed by atoms with Crippen LogP contribution >= 0.6 is 0 Å². The Bertz CT molecular complexity index is 367. The summed E-state index contributed by atoms with van der Waals surface area (Å²) in [5.74, 6) is 0.182. The van der Waals surface area contributed by atoms with Crippen LogP contribution in [0.15, 0.2) is 24.3 Å². The molecule has 0 aliphatic heterocycles. The van der Waals surface area contributed by atoms with Gasteiger partial charge in [0.1, 0.15) is 5.67 Å². The van der Waals surface area contributed by atoms with Crippen LogP contribution in [0.1, 0.15) is 43.7 Å². The van der Waals surface area contributed by atoms with Crippen molar-refractivity contribution in [3.63, 3.8) is 0 Å². The molecule has 1 atom stereocenters. The number of alkyl halides is 1. The molecule has 2 heteroatoms. The number of hydrogen-bond acceptors (Lipinski definition) is 1. The van der Waals surface area contributed by atoms with Crippen LogP contribution in [0.25, 0.3) is 0 Å². The molecule has 2 rings (SSSR count). The monoisotopic (exact) mass is 235 g/mol. The molecule has 2 N–H and O–H groups in total. The number of rotatable bonds is 4. The van der Waals surface area contributed by atoms with Crippen LogP contribution in [-0.2, 0) is 12.1 Å². The first-order chi connectivity index (χ1) is 8.16. The van der Waals surface area contributed by atoms with Crippen LogP contribution in [0.5, 0.6) is 0 Å². The molecule has 1 nitrogen and oxygen atoms in total. The SMILES string of the molecule is CC(F)(c1ccccc1CCN)C1CCCC1. The number of benzene rings is 1. The average molecular weight is 235 g/mol. The second kappa shape index (κ2) is 5.18. The topological polar surface area (TPSA) is 26.0 Å². The molecule has 0 heterocycles. The van der Waals surface area contributed by atoms with Crippen LogP contribution in [0.2, 0.25) is 0 Å². The van der Waals surface area contributed by atoms with Crippen LogP contribution in [0.3, 0.4) is 0 Å². The van der Waals surface area contributed by atoms with Gasteiger partial charge in [-0.05, 0) is 49.8 Å². The zero-order valence-corrected chi connectivity index (χ0v) is 10.6. The summed E-state index contributed by atoms with van der Waals surface area (Å²) in [6.45, 7) is 2.33. The minimum absolute atomic E-state index is 0.182. The molecule has 0 radical (unpaired) electrons. The van der Waals surface area contributed by atoms with Crippen LogP contribution in [-0.4, -0.2) is 6.54 Å². The lowest BCUT2D eigenvalue weighted by molar-refractivity contribution is 0.103.